The molecule has 0 aliphatic heterocycles. The second-order valence-electron chi connectivity index (χ2n) is 4.06. The van der Waals surface area contributed by atoms with Crippen LogP contribution in [-0.4, -0.2) is 58.6 Å². The predicted molar refractivity (Wildman–Crippen MR) is 66.0 cm³/mol. The van der Waals surface area contributed by atoms with Crippen LogP contribution < -0.4 is 22.1 Å². The Hall–Kier alpha value is -2.20. The number of amides is 3. The molecular formula is C10H18N4O6. The summed E-state index contributed by atoms with van der Waals surface area (Å²) in [5.74, 6) is -4.05. The van der Waals surface area contributed by atoms with Crippen molar-refractivity contribution in [3.63, 3.8) is 0 Å². The monoisotopic (exact) mass is 290 g/mol. The first-order valence-corrected chi connectivity index (χ1v) is 5.68. The van der Waals surface area contributed by atoms with Crippen LogP contribution in [0.5, 0.6) is 0 Å². The van der Waals surface area contributed by atoms with Crippen LogP contribution in [0.4, 0.5) is 0 Å². The normalized spacial score (nSPS) is 14.8. The maximum atomic E-state index is 11.8. The fraction of sp³-hybridized carbons (Fsp3) is 0.600. The van der Waals surface area contributed by atoms with E-state index in [2.05, 4.69) is 5.32 Å². The molecule has 8 N–H and O–H groups in total. The Balaban J connectivity index is 4.84. The summed E-state index contributed by atoms with van der Waals surface area (Å²) in [6, 6.07) is -2.93. The first kappa shape index (κ1) is 17.8. The molecule has 3 atom stereocenters. The van der Waals surface area contributed by atoms with Gasteiger partial charge in [0.25, 0.3) is 0 Å². The lowest BCUT2D eigenvalue weighted by Gasteiger charge is -2.22. The van der Waals surface area contributed by atoms with Crippen molar-refractivity contribution in [2.24, 2.45) is 11.5 Å². The van der Waals surface area contributed by atoms with E-state index in [1.807, 2.05) is 5.32 Å². The number of aliphatic carboxylic acids is 1. The quantitative estimate of drug-likeness (QED) is 0.265. The molecule has 0 rings (SSSR count). The summed E-state index contributed by atoms with van der Waals surface area (Å²) >= 11 is 0. The lowest BCUT2D eigenvalue weighted by Crippen LogP contribution is -2.57. The smallest absolute Gasteiger partial charge is 0.326 e. The highest BCUT2D eigenvalue weighted by Gasteiger charge is 2.30. The van der Waals surface area contributed by atoms with Gasteiger partial charge in [0.1, 0.15) is 12.1 Å². The molecule has 0 fully saturated rings. The molecule has 0 heterocycles. The largest absolute Gasteiger partial charge is 0.480 e. The lowest BCUT2D eigenvalue weighted by molar-refractivity contribution is -0.144. The van der Waals surface area contributed by atoms with E-state index in [4.69, 9.17) is 16.6 Å². The van der Waals surface area contributed by atoms with Crippen LogP contribution in [0.1, 0.15) is 13.3 Å². The average molecular weight is 290 g/mol. The van der Waals surface area contributed by atoms with Crippen molar-refractivity contribution >= 4 is 23.7 Å². The van der Waals surface area contributed by atoms with Crippen LogP contribution >= 0.6 is 0 Å². The summed E-state index contributed by atoms with van der Waals surface area (Å²) in [4.78, 5) is 44.4. The Morgan fingerprint density at radius 1 is 1.20 bits per heavy atom. The molecule has 0 radical (unpaired) electrons. The number of nitrogens with one attached hydrogen (secondary N) is 2. The van der Waals surface area contributed by atoms with E-state index in [1.54, 1.807) is 0 Å². The molecule has 0 aromatic rings. The second-order valence-corrected chi connectivity index (χ2v) is 4.06. The highest BCUT2D eigenvalue weighted by Crippen LogP contribution is 1.98. The van der Waals surface area contributed by atoms with E-state index in [0.717, 1.165) is 0 Å². The number of aliphatic hydroxyl groups excluding tert-OH is 1. The molecule has 10 nitrogen and oxygen atoms in total. The summed E-state index contributed by atoms with van der Waals surface area (Å²) in [5, 5.41) is 22.4. The van der Waals surface area contributed by atoms with Crippen LogP contribution in [0.25, 0.3) is 0 Å². The third-order valence-corrected chi connectivity index (χ3v) is 2.29. The molecule has 0 aliphatic rings. The van der Waals surface area contributed by atoms with E-state index in [-0.39, 0.29) is 0 Å². The third kappa shape index (κ3) is 6.11. The van der Waals surface area contributed by atoms with Gasteiger partial charge >= 0.3 is 5.97 Å². The minimum atomic E-state index is -1.55. The zero-order valence-corrected chi connectivity index (χ0v) is 10.8. The van der Waals surface area contributed by atoms with Gasteiger partial charge in [-0.1, -0.05) is 0 Å². The topological polar surface area (TPSA) is 185 Å². The molecule has 0 aromatic carbocycles. The van der Waals surface area contributed by atoms with Crippen LogP contribution in [-0.2, 0) is 19.2 Å². The maximum Gasteiger partial charge on any atom is 0.326 e. The van der Waals surface area contributed by atoms with Crippen LogP contribution in [0.2, 0.25) is 0 Å². The third-order valence-electron chi connectivity index (χ3n) is 2.29. The number of nitrogens with two attached hydrogens (primary N) is 2. The van der Waals surface area contributed by atoms with Crippen molar-refractivity contribution in [2.75, 3.05) is 6.54 Å². The average Bonchev–Trinajstić information content (AvgIpc) is 2.33. The Kier molecular flexibility index (Phi) is 7.18. The molecule has 0 spiro atoms. The number of hydrogen-bond donors (Lipinski definition) is 6. The van der Waals surface area contributed by atoms with Crippen molar-refractivity contribution in [3.8, 4) is 0 Å². The molecule has 20 heavy (non-hydrogen) atoms. The molecule has 114 valence electrons. The highest BCUT2D eigenvalue weighted by molar-refractivity contribution is 5.92. The summed E-state index contributed by atoms with van der Waals surface area (Å²) < 4.78 is 0. The second kappa shape index (κ2) is 8.07. The number of aliphatic hydroxyl groups is 1. The van der Waals surface area contributed by atoms with Gasteiger partial charge < -0.3 is 32.3 Å². The number of carbonyl (C=O) groups is 4. The van der Waals surface area contributed by atoms with E-state index in [9.17, 15) is 24.3 Å². The Labute approximate surface area is 114 Å². The predicted octanol–water partition coefficient (Wildman–Crippen LogP) is -3.74. The van der Waals surface area contributed by atoms with E-state index in [0.29, 0.717) is 0 Å². The van der Waals surface area contributed by atoms with Crippen molar-refractivity contribution in [1.82, 2.24) is 10.6 Å². The standard InChI is InChI=1S/C10H18N4O6/c1-4(15)8(14-7(17)3-11)9(18)13-5(10(19)20)2-6(12)16/h4-5,8,15H,2-3,11H2,1H3,(H2,12,16)(H,13,18)(H,14,17)(H,19,20)/t4-,5+,8+/m1/s1. The Morgan fingerprint density at radius 3 is 2.10 bits per heavy atom. The molecule has 0 aliphatic carbocycles. The van der Waals surface area contributed by atoms with Gasteiger partial charge in [-0.25, -0.2) is 4.79 Å². The van der Waals surface area contributed by atoms with Gasteiger partial charge in [-0.15, -0.1) is 0 Å². The molecule has 0 saturated carbocycles. The van der Waals surface area contributed by atoms with Crippen LogP contribution in [0, 0.1) is 0 Å². The number of rotatable bonds is 8. The van der Waals surface area contributed by atoms with Gasteiger partial charge in [-0.3, -0.25) is 14.4 Å². The minimum absolute atomic E-state index is 0.403. The Morgan fingerprint density at radius 2 is 1.75 bits per heavy atom. The summed E-state index contributed by atoms with van der Waals surface area (Å²) in [5.41, 5.74) is 9.91. The SMILES string of the molecule is C[C@@H](O)[C@H](NC(=O)CN)C(=O)N[C@@H](CC(N)=O)C(=O)O. The number of carboxylic acid groups (broad SMARTS) is 1. The zero-order valence-electron chi connectivity index (χ0n) is 10.8. The number of primary amides is 1. The van der Waals surface area contributed by atoms with Crippen molar-refractivity contribution in [2.45, 2.75) is 31.5 Å². The summed E-state index contributed by atoms with van der Waals surface area (Å²) in [7, 11) is 0. The molecule has 0 aromatic heterocycles. The zero-order chi connectivity index (χ0) is 15.9. The fourth-order valence-corrected chi connectivity index (χ4v) is 1.30. The molecule has 0 unspecified atom stereocenters. The summed E-state index contributed by atoms with van der Waals surface area (Å²) in [6.45, 7) is 0.824. The van der Waals surface area contributed by atoms with Crippen molar-refractivity contribution < 1.29 is 29.4 Å². The van der Waals surface area contributed by atoms with E-state index < -0.39 is 54.8 Å². The van der Waals surface area contributed by atoms with Gasteiger partial charge in [0.05, 0.1) is 19.1 Å². The maximum absolute atomic E-state index is 11.8. The van der Waals surface area contributed by atoms with Crippen LogP contribution in [0.3, 0.4) is 0 Å². The Bertz CT molecular complexity index is 397. The number of carbonyl (C=O) groups excluding carboxylic acids is 3. The fourth-order valence-electron chi connectivity index (χ4n) is 1.30. The van der Waals surface area contributed by atoms with E-state index >= 15 is 0 Å². The van der Waals surface area contributed by atoms with Gasteiger partial charge in [-0.05, 0) is 6.92 Å². The minimum Gasteiger partial charge on any atom is -0.480 e. The number of hydrogen-bond acceptors (Lipinski definition) is 6. The van der Waals surface area contributed by atoms with E-state index in [1.165, 1.54) is 6.92 Å². The van der Waals surface area contributed by atoms with Gasteiger partial charge in [0, 0.05) is 0 Å². The van der Waals surface area contributed by atoms with Crippen molar-refractivity contribution in [1.29, 1.82) is 0 Å². The van der Waals surface area contributed by atoms with Gasteiger partial charge in [0.2, 0.25) is 17.7 Å². The molecule has 0 bridgehead atoms. The molecular weight excluding hydrogens is 272 g/mol. The van der Waals surface area contributed by atoms with Gasteiger partial charge in [-0.2, -0.15) is 0 Å². The summed E-state index contributed by atoms with van der Waals surface area (Å²) in [6.07, 6.45) is -1.90. The van der Waals surface area contributed by atoms with Crippen molar-refractivity contribution in [3.05, 3.63) is 0 Å². The van der Waals surface area contributed by atoms with Gasteiger partial charge in [0.15, 0.2) is 0 Å². The highest BCUT2D eigenvalue weighted by atomic mass is 16.4. The molecule has 10 heteroatoms. The lowest BCUT2D eigenvalue weighted by atomic mass is 10.1. The van der Waals surface area contributed by atoms with Crippen LogP contribution in [0.15, 0.2) is 0 Å². The molecule has 3 amide bonds. The first-order valence-electron chi connectivity index (χ1n) is 5.68. The number of carboxylic acids is 1. The first-order chi connectivity index (χ1) is 9.18. The molecule has 0 saturated heterocycles.